The average Bonchev–Trinajstić information content (AvgIpc) is 2.53. The average molecular weight is 233 g/mol. The van der Waals surface area contributed by atoms with Crippen LogP contribution in [-0.2, 0) is 7.05 Å². The van der Waals surface area contributed by atoms with Crippen LogP contribution in [0.4, 0.5) is 17.2 Å². The number of benzene rings is 1. The van der Waals surface area contributed by atoms with Gasteiger partial charge in [0, 0.05) is 7.05 Å². The molecule has 2 rings (SSSR count). The summed E-state index contributed by atoms with van der Waals surface area (Å²) in [5, 5.41) is 19.6. The Hall–Kier alpha value is -2.57. The highest BCUT2D eigenvalue weighted by Gasteiger charge is 2.08. The normalized spacial score (nSPS) is 11.1. The van der Waals surface area contributed by atoms with E-state index in [9.17, 15) is 9.90 Å². The summed E-state index contributed by atoms with van der Waals surface area (Å²) in [6, 6.07) is 6.42. The number of nitrogen functional groups attached to an aromatic ring is 1. The third-order valence-corrected chi connectivity index (χ3v) is 2.19. The third kappa shape index (κ3) is 2.03. The Morgan fingerprint density at radius 1 is 1.35 bits per heavy atom. The van der Waals surface area contributed by atoms with E-state index in [0.717, 1.165) is 0 Å². The number of azo groups is 1. The van der Waals surface area contributed by atoms with Gasteiger partial charge in [-0.15, -0.1) is 10.2 Å². The lowest BCUT2D eigenvalue weighted by atomic mass is 10.3. The molecule has 0 fully saturated rings. The fourth-order valence-electron chi connectivity index (χ4n) is 1.31. The lowest BCUT2D eigenvalue weighted by Gasteiger charge is -1.94. The van der Waals surface area contributed by atoms with Crippen LogP contribution in [0.5, 0.6) is 5.75 Å². The molecule has 0 radical (unpaired) electrons. The van der Waals surface area contributed by atoms with E-state index >= 15 is 0 Å². The van der Waals surface area contributed by atoms with Crippen molar-refractivity contribution in [1.29, 1.82) is 0 Å². The summed E-state index contributed by atoms with van der Waals surface area (Å²) in [6.07, 6.45) is 0. The number of aromatic nitrogens is 2. The smallest absolute Gasteiger partial charge is 0.296 e. The Bertz CT molecular complexity index is 626. The minimum atomic E-state index is -0.373. The van der Waals surface area contributed by atoms with E-state index in [2.05, 4.69) is 15.3 Å². The number of anilines is 1. The Morgan fingerprint density at radius 2 is 2.06 bits per heavy atom. The number of aromatic hydroxyl groups is 1. The maximum atomic E-state index is 11.5. The van der Waals surface area contributed by atoms with E-state index < -0.39 is 0 Å². The molecule has 0 atom stereocenters. The number of aryl methyl sites for hydroxylation is 1. The van der Waals surface area contributed by atoms with Gasteiger partial charge in [-0.05, 0) is 12.1 Å². The Morgan fingerprint density at radius 3 is 2.65 bits per heavy atom. The molecule has 0 spiro atoms. The number of hydrogen-bond acceptors (Lipinski definition) is 5. The molecular formula is C10H11N5O2. The molecule has 1 aromatic carbocycles. The molecule has 0 saturated heterocycles. The van der Waals surface area contributed by atoms with Crippen LogP contribution in [0.2, 0.25) is 0 Å². The van der Waals surface area contributed by atoms with E-state index in [0.29, 0.717) is 0 Å². The molecule has 1 aromatic heterocycles. The van der Waals surface area contributed by atoms with Crippen LogP contribution in [0.15, 0.2) is 39.3 Å². The molecule has 0 aliphatic heterocycles. The zero-order valence-electron chi connectivity index (χ0n) is 9.08. The molecule has 0 saturated carbocycles. The van der Waals surface area contributed by atoms with Crippen molar-refractivity contribution in [3.05, 3.63) is 34.6 Å². The molecule has 4 N–H and O–H groups in total. The number of phenolic OH excluding ortho intramolecular Hbond substituents is 1. The highest BCUT2D eigenvalue weighted by molar-refractivity contribution is 5.56. The van der Waals surface area contributed by atoms with Gasteiger partial charge in [-0.1, -0.05) is 12.1 Å². The van der Waals surface area contributed by atoms with Gasteiger partial charge in [0.05, 0.1) is 0 Å². The van der Waals surface area contributed by atoms with Crippen molar-refractivity contribution in [3.63, 3.8) is 0 Å². The van der Waals surface area contributed by atoms with E-state index in [4.69, 9.17) is 5.73 Å². The maximum absolute atomic E-state index is 11.5. The molecule has 1 heterocycles. The number of aromatic amines is 1. The molecule has 17 heavy (non-hydrogen) atoms. The van der Waals surface area contributed by atoms with Gasteiger partial charge in [0.15, 0.2) is 5.69 Å². The van der Waals surface area contributed by atoms with Gasteiger partial charge in [-0.3, -0.25) is 14.6 Å². The third-order valence-electron chi connectivity index (χ3n) is 2.19. The Labute approximate surface area is 96.2 Å². The zero-order valence-corrected chi connectivity index (χ0v) is 9.08. The molecule has 0 unspecified atom stereocenters. The van der Waals surface area contributed by atoms with Gasteiger partial charge in [0.25, 0.3) is 5.56 Å². The van der Waals surface area contributed by atoms with Crippen LogP contribution >= 0.6 is 0 Å². The first-order chi connectivity index (χ1) is 8.09. The van der Waals surface area contributed by atoms with Gasteiger partial charge >= 0.3 is 0 Å². The second-order valence-electron chi connectivity index (χ2n) is 3.43. The van der Waals surface area contributed by atoms with Gasteiger partial charge in [0.2, 0.25) is 0 Å². The number of nitrogens with two attached hydrogens (primary N) is 1. The topological polar surface area (TPSA) is 109 Å². The maximum Gasteiger partial charge on any atom is 0.296 e. The standard InChI is InChI=1S/C10H11N5O2/c1-15-10(17)8(9(11)14-15)13-12-6-4-2-3-5-7(6)16/h2-5,14,16H,11H2,1H3. The van der Waals surface area contributed by atoms with Gasteiger partial charge < -0.3 is 10.8 Å². The predicted octanol–water partition coefficient (Wildman–Crippen LogP) is 1.42. The van der Waals surface area contributed by atoms with Gasteiger partial charge in [-0.2, -0.15) is 0 Å². The Balaban J connectivity index is 2.39. The number of nitrogens with one attached hydrogen (secondary N) is 1. The van der Waals surface area contributed by atoms with Crippen LogP contribution in [0.1, 0.15) is 0 Å². The number of nitrogens with zero attached hydrogens (tertiary/aromatic N) is 3. The molecule has 88 valence electrons. The highest BCUT2D eigenvalue weighted by Crippen LogP contribution is 2.27. The molecule has 0 aliphatic rings. The van der Waals surface area contributed by atoms with Gasteiger partial charge in [0.1, 0.15) is 17.3 Å². The van der Waals surface area contributed by atoms with E-state index in [1.54, 1.807) is 18.2 Å². The first kappa shape index (κ1) is 10.9. The molecule has 0 aliphatic carbocycles. The van der Waals surface area contributed by atoms with Crippen molar-refractivity contribution in [2.45, 2.75) is 0 Å². The second-order valence-corrected chi connectivity index (χ2v) is 3.43. The summed E-state index contributed by atoms with van der Waals surface area (Å²) >= 11 is 0. The lowest BCUT2D eigenvalue weighted by molar-refractivity contribution is 0.476. The fraction of sp³-hybridized carbons (Fsp3) is 0.100. The number of rotatable bonds is 2. The monoisotopic (exact) mass is 233 g/mol. The van der Waals surface area contributed by atoms with Crippen LogP contribution in [0.25, 0.3) is 0 Å². The highest BCUT2D eigenvalue weighted by atomic mass is 16.3. The summed E-state index contributed by atoms with van der Waals surface area (Å²) in [7, 11) is 1.53. The fourth-order valence-corrected chi connectivity index (χ4v) is 1.31. The SMILES string of the molecule is Cn1[nH]c(N)c(N=Nc2ccccc2O)c1=O. The van der Waals surface area contributed by atoms with Crippen LogP contribution in [0, 0.1) is 0 Å². The van der Waals surface area contributed by atoms with E-state index in [1.807, 2.05) is 0 Å². The minimum Gasteiger partial charge on any atom is -0.506 e. The van der Waals surface area contributed by atoms with Crippen LogP contribution in [0.3, 0.4) is 0 Å². The van der Waals surface area contributed by atoms with Gasteiger partial charge in [-0.25, -0.2) is 0 Å². The minimum absolute atomic E-state index is 0.0119. The summed E-state index contributed by atoms with van der Waals surface area (Å²) in [5.74, 6) is 0.124. The summed E-state index contributed by atoms with van der Waals surface area (Å²) < 4.78 is 1.20. The summed E-state index contributed by atoms with van der Waals surface area (Å²) in [4.78, 5) is 11.5. The summed E-state index contributed by atoms with van der Waals surface area (Å²) in [5.41, 5.74) is 5.48. The van der Waals surface area contributed by atoms with Crippen molar-refractivity contribution in [3.8, 4) is 5.75 Å². The molecule has 0 bridgehead atoms. The molecule has 0 amide bonds. The lowest BCUT2D eigenvalue weighted by Crippen LogP contribution is -2.10. The van der Waals surface area contributed by atoms with Crippen molar-refractivity contribution < 1.29 is 5.11 Å². The number of H-pyrrole nitrogens is 1. The first-order valence-electron chi connectivity index (χ1n) is 4.84. The largest absolute Gasteiger partial charge is 0.506 e. The van der Waals surface area contributed by atoms with E-state index in [1.165, 1.54) is 17.8 Å². The molecule has 7 heteroatoms. The number of hydrogen-bond donors (Lipinski definition) is 3. The first-order valence-corrected chi connectivity index (χ1v) is 4.84. The molecule has 2 aromatic rings. The van der Waals surface area contributed by atoms with Crippen LogP contribution in [-0.4, -0.2) is 14.9 Å². The summed E-state index contributed by atoms with van der Waals surface area (Å²) in [6.45, 7) is 0. The quantitative estimate of drug-likeness (QED) is 0.682. The van der Waals surface area contributed by atoms with Crippen molar-refractivity contribution in [2.75, 3.05) is 5.73 Å². The van der Waals surface area contributed by atoms with Crippen molar-refractivity contribution >= 4 is 17.2 Å². The number of phenols is 1. The Kier molecular flexibility index (Phi) is 2.65. The predicted molar refractivity (Wildman–Crippen MR) is 62.7 cm³/mol. The second kappa shape index (κ2) is 4.12. The molecular weight excluding hydrogens is 222 g/mol. The van der Waals surface area contributed by atoms with Crippen molar-refractivity contribution in [1.82, 2.24) is 9.78 Å². The van der Waals surface area contributed by atoms with E-state index in [-0.39, 0.29) is 28.5 Å². The number of para-hydroxylation sites is 1. The van der Waals surface area contributed by atoms with Crippen LogP contribution < -0.4 is 11.3 Å². The molecule has 7 nitrogen and oxygen atoms in total. The zero-order chi connectivity index (χ0) is 12.4. The van der Waals surface area contributed by atoms with Crippen molar-refractivity contribution in [2.24, 2.45) is 17.3 Å².